The Morgan fingerprint density at radius 1 is 1.08 bits per heavy atom. The van der Waals surface area contributed by atoms with Crippen molar-refractivity contribution in [2.45, 2.75) is 26.3 Å². The van der Waals surface area contributed by atoms with E-state index in [4.69, 9.17) is 0 Å². The quantitative estimate of drug-likeness (QED) is 0.907. The number of rotatable bonds is 5. The molecule has 2 aromatic carbocycles. The second kappa shape index (κ2) is 6.65. The van der Waals surface area contributed by atoms with Gasteiger partial charge in [0.05, 0.1) is 12.3 Å². The van der Waals surface area contributed by atoms with E-state index in [9.17, 15) is 13.2 Å². The maximum Gasteiger partial charge on any atom is 0.232 e. The van der Waals surface area contributed by atoms with Crippen LogP contribution in [0.3, 0.4) is 0 Å². The Labute approximate surface area is 142 Å². The fourth-order valence-corrected chi connectivity index (χ4v) is 3.44. The Bertz CT molecular complexity index is 848. The number of hydrogen-bond donors (Lipinski definition) is 1. The Balaban J connectivity index is 1.89. The van der Waals surface area contributed by atoms with Gasteiger partial charge >= 0.3 is 0 Å². The molecule has 6 heteroatoms. The first-order chi connectivity index (χ1) is 11.5. The summed E-state index contributed by atoms with van der Waals surface area (Å²) in [4.78, 5) is 14.1. The van der Waals surface area contributed by atoms with Gasteiger partial charge in [-0.1, -0.05) is 30.3 Å². The summed E-state index contributed by atoms with van der Waals surface area (Å²) in [6, 6.07) is 15.2. The van der Waals surface area contributed by atoms with Crippen molar-refractivity contribution in [3.8, 4) is 0 Å². The Hall–Kier alpha value is -2.34. The number of hydrogen-bond acceptors (Lipinski definition) is 3. The van der Waals surface area contributed by atoms with Gasteiger partial charge in [0.25, 0.3) is 0 Å². The molecule has 0 saturated carbocycles. The van der Waals surface area contributed by atoms with Crippen molar-refractivity contribution in [2.24, 2.45) is 0 Å². The normalized spacial score (nSPS) is 14.4. The Morgan fingerprint density at radius 2 is 1.83 bits per heavy atom. The summed E-state index contributed by atoms with van der Waals surface area (Å²) in [6.07, 6.45) is 1.06. The predicted molar refractivity (Wildman–Crippen MR) is 95.5 cm³/mol. The van der Waals surface area contributed by atoms with Crippen molar-refractivity contribution < 1.29 is 13.2 Å². The molecule has 1 aliphatic heterocycles. The van der Waals surface area contributed by atoms with Crippen molar-refractivity contribution in [1.82, 2.24) is 0 Å². The molecule has 0 unspecified atom stereocenters. The smallest absolute Gasteiger partial charge is 0.232 e. The summed E-state index contributed by atoms with van der Waals surface area (Å²) in [5.41, 5.74) is 3.45. The molecule has 0 atom stereocenters. The molecule has 0 radical (unpaired) electrons. The van der Waals surface area contributed by atoms with Crippen LogP contribution in [0.15, 0.2) is 48.5 Å². The minimum absolute atomic E-state index is 0.0305. The summed E-state index contributed by atoms with van der Waals surface area (Å²) < 4.78 is 26.0. The van der Waals surface area contributed by atoms with Crippen LogP contribution in [0.4, 0.5) is 11.4 Å². The first-order valence-electron chi connectivity index (χ1n) is 7.96. The number of amides is 1. The lowest BCUT2D eigenvalue weighted by molar-refractivity contribution is -0.119. The molecule has 1 heterocycles. The van der Waals surface area contributed by atoms with Crippen LogP contribution < -0.4 is 9.62 Å². The van der Waals surface area contributed by atoms with Gasteiger partial charge in [0, 0.05) is 17.8 Å². The zero-order valence-electron chi connectivity index (χ0n) is 13.5. The number of benzene rings is 2. The predicted octanol–water partition coefficient (Wildman–Crippen LogP) is 2.93. The van der Waals surface area contributed by atoms with Gasteiger partial charge in [-0.2, -0.15) is 0 Å². The number of carbonyl (C=O) groups excluding carboxylic acids is 1. The van der Waals surface area contributed by atoms with Crippen LogP contribution in [-0.2, 0) is 27.8 Å². The molecule has 0 bridgehead atoms. The van der Waals surface area contributed by atoms with Crippen molar-refractivity contribution in [3.05, 3.63) is 59.7 Å². The minimum atomic E-state index is -3.30. The van der Waals surface area contributed by atoms with E-state index in [1.807, 2.05) is 42.5 Å². The molecule has 0 saturated heterocycles. The van der Waals surface area contributed by atoms with Gasteiger partial charge in [-0.05, 0) is 42.7 Å². The summed E-state index contributed by atoms with van der Waals surface area (Å²) in [5, 5.41) is 0. The largest absolute Gasteiger partial charge is 0.308 e. The molecule has 0 aromatic heterocycles. The molecule has 126 valence electrons. The van der Waals surface area contributed by atoms with Crippen molar-refractivity contribution in [3.63, 3.8) is 0 Å². The number of anilines is 2. The SMILES string of the molecule is CCS(=O)(=O)Nc1ccc2c(c1)CCC(=O)N2Cc1ccccc1. The number of aryl methyl sites for hydroxylation is 1. The molecule has 2 aromatic rings. The summed E-state index contributed by atoms with van der Waals surface area (Å²) in [5.74, 6) is 0.121. The van der Waals surface area contributed by atoms with Crippen LogP contribution >= 0.6 is 0 Å². The number of sulfonamides is 1. The average Bonchev–Trinajstić information content (AvgIpc) is 2.58. The molecule has 1 N–H and O–H groups in total. The van der Waals surface area contributed by atoms with Crippen LogP contribution in [0.2, 0.25) is 0 Å². The highest BCUT2D eigenvalue weighted by Crippen LogP contribution is 2.31. The topological polar surface area (TPSA) is 66.5 Å². The highest BCUT2D eigenvalue weighted by molar-refractivity contribution is 7.92. The molecule has 1 amide bonds. The minimum Gasteiger partial charge on any atom is -0.308 e. The summed E-state index contributed by atoms with van der Waals surface area (Å²) in [7, 11) is -3.30. The van der Waals surface area contributed by atoms with Crippen LogP contribution in [0.25, 0.3) is 0 Å². The van der Waals surface area contributed by atoms with Gasteiger partial charge in [0.15, 0.2) is 0 Å². The van der Waals surface area contributed by atoms with Gasteiger partial charge < -0.3 is 4.90 Å². The Morgan fingerprint density at radius 3 is 2.54 bits per heavy atom. The van der Waals surface area contributed by atoms with E-state index >= 15 is 0 Å². The zero-order chi connectivity index (χ0) is 17.2. The highest BCUT2D eigenvalue weighted by atomic mass is 32.2. The molecular formula is C18H20N2O3S. The molecule has 24 heavy (non-hydrogen) atoms. The molecule has 0 aliphatic carbocycles. The molecule has 0 spiro atoms. The van der Waals surface area contributed by atoms with Crippen LogP contribution in [-0.4, -0.2) is 20.1 Å². The number of carbonyl (C=O) groups is 1. The van der Waals surface area contributed by atoms with E-state index in [0.717, 1.165) is 16.8 Å². The van der Waals surface area contributed by atoms with Gasteiger partial charge in [0.1, 0.15) is 0 Å². The van der Waals surface area contributed by atoms with E-state index in [1.54, 1.807) is 17.9 Å². The average molecular weight is 344 g/mol. The van der Waals surface area contributed by atoms with E-state index < -0.39 is 10.0 Å². The third kappa shape index (κ3) is 3.59. The van der Waals surface area contributed by atoms with Crippen molar-refractivity contribution >= 4 is 27.3 Å². The maximum atomic E-state index is 12.3. The third-order valence-electron chi connectivity index (χ3n) is 4.12. The van der Waals surface area contributed by atoms with E-state index in [1.165, 1.54) is 0 Å². The first-order valence-corrected chi connectivity index (χ1v) is 9.61. The lowest BCUT2D eigenvalue weighted by Crippen LogP contribution is -2.34. The van der Waals surface area contributed by atoms with E-state index in [-0.39, 0.29) is 11.7 Å². The lowest BCUT2D eigenvalue weighted by atomic mass is 10.00. The van der Waals surface area contributed by atoms with Crippen LogP contribution in [0.1, 0.15) is 24.5 Å². The lowest BCUT2D eigenvalue weighted by Gasteiger charge is -2.30. The number of fused-ring (bicyclic) bond motifs is 1. The summed E-state index contributed by atoms with van der Waals surface area (Å²) in [6.45, 7) is 2.12. The second-order valence-corrected chi connectivity index (χ2v) is 7.83. The van der Waals surface area contributed by atoms with E-state index in [2.05, 4.69) is 4.72 Å². The highest BCUT2D eigenvalue weighted by Gasteiger charge is 2.24. The standard InChI is InChI=1S/C18H20N2O3S/c1-2-24(22,23)19-16-9-10-17-15(12-16)8-11-18(21)20(17)13-14-6-4-3-5-7-14/h3-7,9-10,12,19H,2,8,11,13H2,1H3. The zero-order valence-corrected chi connectivity index (χ0v) is 14.3. The molecule has 0 fully saturated rings. The number of nitrogens with zero attached hydrogens (tertiary/aromatic N) is 1. The first kappa shape index (κ1) is 16.5. The molecule has 5 nitrogen and oxygen atoms in total. The van der Waals surface area contributed by atoms with Crippen LogP contribution in [0.5, 0.6) is 0 Å². The van der Waals surface area contributed by atoms with E-state index in [0.29, 0.717) is 25.1 Å². The second-order valence-electron chi connectivity index (χ2n) is 5.81. The molecular weight excluding hydrogens is 324 g/mol. The van der Waals surface area contributed by atoms with Crippen molar-refractivity contribution in [1.29, 1.82) is 0 Å². The third-order valence-corrected chi connectivity index (χ3v) is 5.42. The van der Waals surface area contributed by atoms with Gasteiger partial charge in [-0.3, -0.25) is 9.52 Å². The monoisotopic (exact) mass is 344 g/mol. The van der Waals surface area contributed by atoms with Crippen molar-refractivity contribution in [2.75, 3.05) is 15.4 Å². The summed E-state index contributed by atoms with van der Waals surface area (Å²) >= 11 is 0. The van der Waals surface area contributed by atoms with Gasteiger partial charge in [0.2, 0.25) is 15.9 Å². The van der Waals surface area contributed by atoms with Crippen LogP contribution in [0, 0.1) is 0 Å². The van der Waals surface area contributed by atoms with Gasteiger partial charge in [-0.25, -0.2) is 8.42 Å². The number of nitrogens with one attached hydrogen (secondary N) is 1. The Kier molecular flexibility index (Phi) is 4.57. The fraction of sp³-hybridized carbons (Fsp3) is 0.278. The molecule has 1 aliphatic rings. The van der Waals surface area contributed by atoms with Gasteiger partial charge in [-0.15, -0.1) is 0 Å². The molecule has 3 rings (SSSR count). The maximum absolute atomic E-state index is 12.3. The fourth-order valence-electron chi connectivity index (χ4n) is 2.81.